The van der Waals surface area contributed by atoms with Crippen LogP contribution >= 0.6 is 0 Å². The summed E-state index contributed by atoms with van der Waals surface area (Å²) < 4.78 is 5.37. The first kappa shape index (κ1) is 20.4. The molecule has 0 saturated heterocycles. The monoisotopic (exact) mass is 407 g/mol. The van der Waals surface area contributed by atoms with Gasteiger partial charge < -0.3 is 21.1 Å². The summed E-state index contributed by atoms with van der Waals surface area (Å²) in [5, 5.41) is 5.75. The van der Waals surface area contributed by atoms with Crippen molar-refractivity contribution >= 4 is 40.5 Å². The zero-order chi connectivity index (χ0) is 21.3. The third-order valence-corrected chi connectivity index (χ3v) is 3.79. The number of rotatable bonds is 8. The van der Waals surface area contributed by atoms with Crippen LogP contribution in [0.3, 0.4) is 0 Å². The van der Waals surface area contributed by atoms with Gasteiger partial charge in [0.2, 0.25) is 5.91 Å². The van der Waals surface area contributed by atoms with Crippen LogP contribution in [0.25, 0.3) is 0 Å². The third kappa shape index (κ3) is 5.83. The minimum absolute atomic E-state index is 0.150. The number of nitrogens with two attached hydrogens (primary N) is 1. The highest BCUT2D eigenvalue weighted by Gasteiger charge is 2.10. The lowest BCUT2D eigenvalue weighted by molar-refractivity contribution is -0.122. The van der Waals surface area contributed by atoms with Crippen molar-refractivity contribution in [1.29, 1.82) is 0 Å². The Labute approximate surface area is 172 Å². The van der Waals surface area contributed by atoms with Crippen LogP contribution in [-0.4, -0.2) is 28.4 Å². The number of amides is 2. The van der Waals surface area contributed by atoms with E-state index in [1.54, 1.807) is 36.4 Å². The van der Waals surface area contributed by atoms with Crippen LogP contribution in [0.1, 0.15) is 6.92 Å². The van der Waals surface area contributed by atoms with Gasteiger partial charge in [-0.3, -0.25) is 20.4 Å². The lowest BCUT2D eigenvalue weighted by Gasteiger charge is -2.13. The van der Waals surface area contributed by atoms with E-state index in [0.29, 0.717) is 22.9 Å². The number of benzene rings is 2. The van der Waals surface area contributed by atoms with E-state index in [1.165, 1.54) is 13.3 Å². The molecule has 0 spiro atoms. The molecule has 3 rings (SSSR count). The fraction of sp³-hybridized carbons (Fsp3) is 0.100. The van der Waals surface area contributed by atoms with E-state index in [2.05, 4.69) is 31.5 Å². The summed E-state index contributed by atoms with van der Waals surface area (Å²) in [6.45, 7) is 1.27. The number of nitrogens with one attached hydrogen (secondary N) is 4. The fourth-order valence-electron chi connectivity index (χ4n) is 2.40. The van der Waals surface area contributed by atoms with Crippen molar-refractivity contribution in [2.45, 2.75) is 6.92 Å². The van der Waals surface area contributed by atoms with Gasteiger partial charge in [0.15, 0.2) is 18.2 Å². The number of nitrogen functional groups attached to an aromatic ring is 1. The summed E-state index contributed by atoms with van der Waals surface area (Å²) in [5.41, 5.74) is 12.8. The Morgan fingerprint density at radius 1 is 0.967 bits per heavy atom. The highest BCUT2D eigenvalue weighted by molar-refractivity contribution is 5.89. The second kappa shape index (κ2) is 9.73. The molecular formula is C20H21N7O3. The summed E-state index contributed by atoms with van der Waals surface area (Å²) in [7, 11) is 0. The summed E-state index contributed by atoms with van der Waals surface area (Å²) in [5.74, 6) is 0.623. The van der Waals surface area contributed by atoms with E-state index in [9.17, 15) is 9.59 Å². The highest BCUT2D eigenvalue weighted by atomic mass is 16.5. The van der Waals surface area contributed by atoms with Crippen molar-refractivity contribution in [1.82, 2.24) is 15.4 Å². The molecule has 0 aliphatic carbocycles. The molecule has 154 valence electrons. The lowest BCUT2D eigenvalue weighted by Crippen LogP contribution is -2.34. The summed E-state index contributed by atoms with van der Waals surface area (Å²) in [4.78, 5) is 31.2. The van der Waals surface area contributed by atoms with Crippen LogP contribution in [-0.2, 0) is 9.59 Å². The predicted molar refractivity (Wildman–Crippen MR) is 114 cm³/mol. The molecule has 0 fully saturated rings. The number of nitrogens with zero attached hydrogens (tertiary/aromatic N) is 2. The topological polar surface area (TPSA) is 143 Å². The smallest absolute Gasteiger partial charge is 0.276 e. The number of hydrazine groups is 1. The van der Waals surface area contributed by atoms with E-state index < -0.39 is 5.91 Å². The van der Waals surface area contributed by atoms with Gasteiger partial charge in [-0.2, -0.15) is 0 Å². The van der Waals surface area contributed by atoms with Gasteiger partial charge in [0.05, 0.1) is 0 Å². The Morgan fingerprint density at radius 3 is 2.33 bits per heavy atom. The summed E-state index contributed by atoms with van der Waals surface area (Å²) in [6.07, 6.45) is 1.30. The second-order valence-corrected chi connectivity index (χ2v) is 6.14. The van der Waals surface area contributed by atoms with E-state index in [-0.39, 0.29) is 24.0 Å². The Balaban J connectivity index is 1.56. The van der Waals surface area contributed by atoms with Gasteiger partial charge in [0.25, 0.3) is 5.91 Å². The van der Waals surface area contributed by atoms with Gasteiger partial charge in [0.1, 0.15) is 17.8 Å². The SMILES string of the molecule is CC(=O)Nc1ccc(Nc2ncnc(NNC(=O)COc3ccccc3)c2N)cc1. The molecule has 2 aromatic carbocycles. The zero-order valence-corrected chi connectivity index (χ0v) is 16.2. The average molecular weight is 407 g/mol. The molecule has 10 heteroatoms. The first-order valence-corrected chi connectivity index (χ1v) is 8.99. The van der Waals surface area contributed by atoms with Crippen molar-refractivity contribution < 1.29 is 14.3 Å². The fourth-order valence-corrected chi connectivity index (χ4v) is 2.40. The van der Waals surface area contributed by atoms with Crippen LogP contribution in [0.4, 0.5) is 28.7 Å². The summed E-state index contributed by atoms with van der Waals surface area (Å²) >= 11 is 0. The maximum Gasteiger partial charge on any atom is 0.276 e. The van der Waals surface area contributed by atoms with Crippen LogP contribution in [0.15, 0.2) is 60.9 Å². The van der Waals surface area contributed by atoms with E-state index in [0.717, 1.165) is 0 Å². The molecule has 1 aromatic heterocycles. The van der Waals surface area contributed by atoms with Crippen molar-refractivity contribution in [2.24, 2.45) is 0 Å². The number of aromatic nitrogens is 2. The van der Waals surface area contributed by atoms with Gasteiger partial charge in [-0.15, -0.1) is 0 Å². The van der Waals surface area contributed by atoms with Crippen LogP contribution < -0.4 is 32.0 Å². The standard InChI is InChI=1S/C20H21N7O3/c1-13(28)24-14-7-9-15(10-8-14)25-19-18(21)20(23-12-22-19)27-26-17(29)11-30-16-5-3-2-4-6-16/h2-10,12H,11,21H2,1H3,(H,24,28)(H,26,29)(H2,22,23,25,27). The maximum absolute atomic E-state index is 12.0. The molecule has 0 bridgehead atoms. The van der Waals surface area contributed by atoms with E-state index in [1.807, 2.05) is 18.2 Å². The second-order valence-electron chi connectivity index (χ2n) is 6.14. The van der Waals surface area contributed by atoms with E-state index in [4.69, 9.17) is 10.5 Å². The van der Waals surface area contributed by atoms with Gasteiger partial charge in [0, 0.05) is 18.3 Å². The van der Waals surface area contributed by atoms with Crippen molar-refractivity contribution in [2.75, 3.05) is 28.4 Å². The number of hydrogen-bond donors (Lipinski definition) is 5. The summed E-state index contributed by atoms with van der Waals surface area (Å²) in [6, 6.07) is 16.0. The molecule has 10 nitrogen and oxygen atoms in total. The first-order chi connectivity index (χ1) is 14.5. The molecule has 0 atom stereocenters. The van der Waals surface area contributed by atoms with Crippen molar-refractivity contribution in [3.8, 4) is 5.75 Å². The number of para-hydroxylation sites is 1. The van der Waals surface area contributed by atoms with Crippen LogP contribution in [0.5, 0.6) is 5.75 Å². The first-order valence-electron chi connectivity index (χ1n) is 8.99. The van der Waals surface area contributed by atoms with Crippen LogP contribution in [0, 0.1) is 0 Å². The zero-order valence-electron chi connectivity index (χ0n) is 16.2. The molecule has 0 saturated carbocycles. The number of ether oxygens (including phenoxy) is 1. The largest absolute Gasteiger partial charge is 0.484 e. The van der Waals surface area contributed by atoms with E-state index >= 15 is 0 Å². The molecule has 0 aliphatic heterocycles. The van der Waals surface area contributed by atoms with Gasteiger partial charge in [-0.1, -0.05) is 18.2 Å². The molecule has 1 heterocycles. The molecule has 0 unspecified atom stereocenters. The average Bonchev–Trinajstić information content (AvgIpc) is 2.74. The van der Waals surface area contributed by atoms with Gasteiger partial charge >= 0.3 is 0 Å². The molecule has 0 radical (unpaired) electrons. The number of carbonyl (C=O) groups excluding carboxylic acids is 2. The van der Waals surface area contributed by atoms with Crippen molar-refractivity contribution in [3.05, 3.63) is 60.9 Å². The quantitative estimate of drug-likeness (QED) is 0.358. The van der Waals surface area contributed by atoms with Crippen molar-refractivity contribution in [3.63, 3.8) is 0 Å². The maximum atomic E-state index is 12.0. The Morgan fingerprint density at radius 2 is 1.63 bits per heavy atom. The molecule has 3 aromatic rings. The number of anilines is 5. The Hall–Kier alpha value is -4.34. The molecule has 0 aliphatic rings. The third-order valence-electron chi connectivity index (χ3n) is 3.79. The minimum atomic E-state index is -0.403. The van der Waals surface area contributed by atoms with Crippen LogP contribution in [0.2, 0.25) is 0 Å². The predicted octanol–water partition coefficient (Wildman–Crippen LogP) is 2.28. The van der Waals surface area contributed by atoms with Gasteiger partial charge in [-0.25, -0.2) is 9.97 Å². The molecular weight excluding hydrogens is 386 g/mol. The molecule has 6 N–H and O–H groups in total. The number of carbonyl (C=O) groups is 2. The molecule has 2 amide bonds. The normalized spacial score (nSPS) is 10.0. The Bertz CT molecular complexity index is 1010. The molecule has 30 heavy (non-hydrogen) atoms. The highest BCUT2D eigenvalue weighted by Crippen LogP contribution is 2.26. The van der Waals surface area contributed by atoms with Gasteiger partial charge in [-0.05, 0) is 36.4 Å². The minimum Gasteiger partial charge on any atom is -0.484 e. The number of hydrogen-bond acceptors (Lipinski definition) is 8. The Kier molecular flexibility index (Phi) is 6.62. The lowest BCUT2D eigenvalue weighted by atomic mass is 10.2.